The summed E-state index contributed by atoms with van der Waals surface area (Å²) in [5, 5.41) is 10.5. The number of aromatic nitrogens is 1. The van der Waals surface area contributed by atoms with Gasteiger partial charge in [0.25, 0.3) is 0 Å². The highest BCUT2D eigenvalue weighted by molar-refractivity contribution is 9.10. The summed E-state index contributed by atoms with van der Waals surface area (Å²) in [6.07, 6.45) is 3.99. The Balaban J connectivity index is 1.90. The number of halogens is 1. The zero-order valence-corrected chi connectivity index (χ0v) is 13.3. The van der Waals surface area contributed by atoms with Gasteiger partial charge in [-0.3, -0.25) is 4.98 Å². The zero-order valence-electron chi connectivity index (χ0n) is 11.7. The summed E-state index contributed by atoms with van der Waals surface area (Å²) in [6.45, 7) is 0.702. The predicted molar refractivity (Wildman–Crippen MR) is 82.8 cm³/mol. The molecule has 1 N–H and O–H groups in total. The van der Waals surface area contributed by atoms with E-state index in [1.54, 1.807) is 25.6 Å². The monoisotopic (exact) mass is 349 g/mol. The molecule has 1 unspecified atom stereocenters. The van der Waals surface area contributed by atoms with E-state index < -0.39 is 6.10 Å². The molecule has 0 fully saturated rings. The summed E-state index contributed by atoms with van der Waals surface area (Å²) < 4.78 is 12.0. The van der Waals surface area contributed by atoms with Crippen molar-refractivity contribution in [2.75, 3.05) is 13.7 Å². The number of rotatable bonds is 4. The number of methoxy groups -OCH3 is 1. The molecule has 2 heterocycles. The Kier molecular flexibility index (Phi) is 4.12. The molecule has 5 heteroatoms. The zero-order chi connectivity index (χ0) is 14.8. The Labute approximate surface area is 131 Å². The predicted octanol–water partition coefficient (Wildman–Crippen LogP) is 3.06. The van der Waals surface area contributed by atoms with E-state index in [1.807, 2.05) is 6.07 Å². The van der Waals surface area contributed by atoms with Crippen LogP contribution in [-0.4, -0.2) is 23.8 Å². The molecule has 1 aliphatic rings. The van der Waals surface area contributed by atoms with Gasteiger partial charge in [0.2, 0.25) is 0 Å². The van der Waals surface area contributed by atoms with Gasteiger partial charge >= 0.3 is 0 Å². The molecule has 0 saturated heterocycles. The van der Waals surface area contributed by atoms with Gasteiger partial charge in [0.15, 0.2) is 0 Å². The molecule has 1 aromatic carbocycles. The van der Waals surface area contributed by atoms with E-state index in [4.69, 9.17) is 9.47 Å². The number of nitrogens with zero attached hydrogens (tertiary/aromatic N) is 1. The fraction of sp³-hybridized carbons (Fsp3) is 0.312. The van der Waals surface area contributed by atoms with E-state index in [1.165, 1.54) is 5.56 Å². The van der Waals surface area contributed by atoms with Crippen LogP contribution in [0.5, 0.6) is 11.5 Å². The first kappa shape index (κ1) is 14.4. The third-order valence-corrected chi connectivity index (χ3v) is 4.09. The SMILES string of the molecule is COc1cnccc1C(O)Cc1cc(Br)cc2c1OCC2. The van der Waals surface area contributed by atoms with Crippen molar-refractivity contribution in [3.8, 4) is 11.5 Å². The maximum absolute atomic E-state index is 10.5. The highest BCUT2D eigenvalue weighted by atomic mass is 79.9. The van der Waals surface area contributed by atoms with E-state index in [9.17, 15) is 5.11 Å². The molecule has 21 heavy (non-hydrogen) atoms. The van der Waals surface area contributed by atoms with Crippen LogP contribution in [-0.2, 0) is 12.8 Å². The lowest BCUT2D eigenvalue weighted by Gasteiger charge is -2.16. The van der Waals surface area contributed by atoms with Gasteiger partial charge in [0, 0.05) is 29.1 Å². The van der Waals surface area contributed by atoms with Gasteiger partial charge in [-0.2, -0.15) is 0 Å². The number of aliphatic hydroxyl groups is 1. The molecule has 3 rings (SSSR count). The summed E-state index contributed by atoms with van der Waals surface area (Å²) in [5.41, 5.74) is 2.93. The van der Waals surface area contributed by atoms with Crippen LogP contribution in [0.2, 0.25) is 0 Å². The molecule has 1 aliphatic heterocycles. The topological polar surface area (TPSA) is 51.6 Å². The molecular weight excluding hydrogens is 334 g/mol. The van der Waals surface area contributed by atoms with E-state index in [0.717, 1.165) is 27.8 Å². The van der Waals surface area contributed by atoms with Crippen molar-refractivity contribution in [1.82, 2.24) is 4.98 Å². The summed E-state index contributed by atoms with van der Waals surface area (Å²) in [7, 11) is 1.58. The Morgan fingerprint density at radius 2 is 2.33 bits per heavy atom. The van der Waals surface area contributed by atoms with Crippen molar-refractivity contribution in [3.63, 3.8) is 0 Å². The molecule has 0 saturated carbocycles. The molecule has 0 radical (unpaired) electrons. The quantitative estimate of drug-likeness (QED) is 0.921. The minimum atomic E-state index is -0.662. The highest BCUT2D eigenvalue weighted by Crippen LogP contribution is 2.36. The lowest BCUT2D eigenvalue weighted by molar-refractivity contribution is 0.172. The van der Waals surface area contributed by atoms with Gasteiger partial charge in [-0.25, -0.2) is 0 Å². The van der Waals surface area contributed by atoms with Crippen molar-refractivity contribution < 1.29 is 14.6 Å². The van der Waals surface area contributed by atoms with Gasteiger partial charge in [0.05, 0.1) is 26.0 Å². The van der Waals surface area contributed by atoms with E-state index in [-0.39, 0.29) is 0 Å². The summed E-state index contributed by atoms with van der Waals surface area (Å²) in [6, 6.07) is 5.86. The molecule has 1 aromatic heterocycles. The number of benzene rings is 1. The third kappa shape index (κ3) is 2.89. The molecule has 1 atom stereocenters. The van der Waals surface area contributed by atoms with Crippen molar-refractivity contribution >= 4 is 15.9 Å². The van der Waals surface area contributed by atoms with Crippen LogP contribution in [0.1, 0.15) is 22.8 Å². The van der Waals surface area contributed by atoms with Crippen molar-refractivity contribution in [2.45, 2.75) is 18.9 Å². The molecule has 0 bridgehead atoms. The minimum Gasteiger partial charge on any atom is -0.495 e. The number of hydrogen-bond donors (Lipinski definition) is 1. The fourth-order valence-corrected chi connectivity index (χ4v) is 3.21. The van der Waals surface area contributed by atoms with Crippen LogP contribution < -0.4 is 9.47 Å². The summed E-state index contributed by atoms with van der Waals surface area (Å²) >= 11 is 3.52. The second kappa shape index (κ2) is 6.03. The minimum absolute atomic E-state index is 0.474. The largest absolute Gasteiger partial charge is 0.495 e. The second-order valence-electron chi connectivity index (χ2n) is 4.99. The van der Waals surface area contributed by atoms with Crippen LogP contribution in [0.4, 0.5) is 0 Å². The Hall–Kier alpha value is -1.59. The average Bonchev–Trinajstić information content (AvgIpc) is 2.95. The maximum atomic E-state index is 10.5. The number of aliphatic hydroxyl groups excluding tert-OH is 1. The maximum Gasteiger partial charge on any atom is 0.142 e. The van der Waals surface area contributed by atoms with Gasteiger partial charge in [-0.05, 0) is 29.3 Å². The Morgan fingerprint density at radius 1 is 1.48 bits per heavy atom. The van der Waals surface area contributed by atoms with Crippen molar-refractivity contribution in [1.29, 1.82) is 0 Å². The normalized spacial score (nSPS) is 14.4. The van der Waals surface area contributed by atoms with Gasteiger partial charge in [-0.15, -0.1) is 0 Å². The molecule has 110 valence electrons. The number of fused-ring (bicyclic) bond motifs is 1. The molecule has 4 nitrogen and oxygen atoms in total. The summed E-state index contributed by atoms with van der Waals surface area (Å²) in [5.74, 6) is 1.50. The van der Waals surface area contributed by atoms with Gasteiger partial charge in [-0.1, -0.05) is 15.9 Å². The number of ether oxygens (including phenoxy) is 2. The number of hydrogen-bond acceptors (Lipinski definition) is 4. The van der Waals surface area contributed by atoms with E-state index in [2.05, 4.69) is 27.0 Å². The summed E-state index contributed by atoms with van der Waals surface area (Å²) in [4.78, 5) is 4.01. The Bertz CT molecular complexity index is 660. The number of pyridine rings is 1. The van der Waals surface area contributed by atoms with Crippen molar-refractivity contribution in [3.05, 3.63) is 51.8 Å². The molecule has 2 aromatic rings. The van der Waals surface area contributed by atoms with Gasteiger partial charge in [0.1, 0.15) is 11.5 Å². The van der Waals surface area contributed by atoms with Crippen LogP contribution in [0.25, 0.3) is 0 Å². The lowest BCUT2D eigenvalue weighted by Crippen LogP contribution is -2.05. The molecular formula is C16H16BrNO3. The smallest absolute Gasteiger partial charge is 0.142 e. The lowest BCUT2D eigenvalue weighted by atomic mass is 9.99. The van der Waals surface area contributed by atoms with Crippen LogP contribution in [0, 0.1) is 0 Å². The van der Waals surface area contributed by atoms with E-state index >= 15 is 0 Å². The first-order valence-electron chi connectivity index (χ1n) is 6.79. The molecule has 0 spiro atoms. The second-order valence-corrected chi connectivity index (χ2v) is 5.90. The van der Waals surface area contributed by atoms with Crippen LogP contribution >= 0.6 is 15.9 Å². The highest BCUT2D eigenvalue weighted by Gasteiger charge is 2.21. The Morgan fingerprint density at radius 3 is 3.14 bits per heavy atom. The van der Waals surface area contributed by atoms with Crippen molar-refractivity contribution in [2.24, 2.45) is 0 Å². The first-order valence-corrected chi connectivity index (χ1v) is 7.58. The van der Waals surface area contributed by atoms with Gasteiger partial charge < -0.3 is 14.6 Å². The average molecular weight is 350 g/mol. The van der Waals surface area contributed by atoms with E-state index in [0.29, 0.717) is 18.8 Å². The van der Waals surface area contributed by atoms with Crippen LogP contribution in [0.15, 0.2) is 35.1 Å². The molecule has 0 amide bonds. The fourth-order valence-electron chi connectivity index (χ4n) is 2.65. The first-order chi connectivity index (χ1) is 10.2. The molecule has 0 aliphatic carbocycles. The third-order valence-electron chi connectivity index (χ3n) is 3.63. The van der Waals surface area contributed by atoms with Crippen LogP contribution in [0.3, 0.4) is 0 Å². The standard InChI is InChI=1S/C16H16BrNO3/c1-20-15-9-18-4-2-13(15)14(19)8-11-7-12(17)6-10-3-5-21-16(10)11/h2,4,6-7,9,14,19H,3,5,8H2,1H3.